The number of nitrogens with one attached hydrogen (secondary N) is 1. The van der Waals surface area contributed by atoms with E-state index >= 15 is 0 Å². The summed E-state index contributed by atoms with van der Waals surface area (Å²) < 4.78 is 27.8. The zero-order valence-electron chi connectivity index (χ0n) is 13.2. The van der Waals surface area contributed by atoms with Crippen LogP contribution in [0.2, 0.25) is 0 Å². The maximum Gasteiger partial charge on any atom is 0.306 e. The van der Waals surface area contributed by atoms with Crippen LogP contribution >= 0.6 is 11.3 Å². The number of ketones is 1. The lowest BCUT2D eigenvalue weighted by molar-refractivity contribution is -0.148. The zero-order chi connectivity index (χ0) is 17.8. The van der Waals surface area contributed by atoms with E-state index in [4.69, 9.17) is 4.74 Å². The van der Waals surface area contributed by atoms with E-state index < -0.39 is 33.9 Å². The Bertz CT molecular complexity index is 725. The number of sulfone groups is 1. The molecule has 2 heterocycles. The molecule has 0 bridgehead atoms. The maximum atomic E-state index is 11.8. The second-order valence-corrected chi connectivity index (χ2v) is 9.14. The van der Waals surface area contributed by atoms with Gasteiger partial charge in [-0.2, -0.15) is 0 Å². The number of hydrogen-bond donors (Lipinski definition) is 1. The molecule has 1 fully saturated rings. The van der Waals surface area contributed by atoms with Gasteiger partial charge in [0.15, 0.2) is 22.2 Å². The third-order valence-corrected chi connectivity index (χ3v) is 6.47. The van der Waals surface area contributed by atoms with E-state index in [0.717, 1.165) is 0 Å². The highest BCUT2D eigenvalue weighted by Gasteiger charge is 2.39. The van der Waals surface area contributed by atoms with Gasteiger partial charge in [0, 0.05) is 6.42 Å². The van der Waals surface area contributed by atoms with E-state index in [9.17, 15) is 22.8 Å². The summed E-state index contributed by atoms with van der Waals surface area (Å²) in [6.07, 6.45) is 0.261. The highest BCUT2D eigenvalue weighted by Crippen LogP contribution is 2.22. The fraction of sp³-hybridized carbons (Fsp3) is 0.533. The van der Waals surface area contributed by atoms with Crippen molar-refractivity contribution in [1.82, 2.24) is 5.32 Å². The Morgan fingerprint density at radius 3 is 2.67 bits per heavy atom. The molecule has 1 saturated heterocycles. The lowest BCUT2D eigenvalue weighted by Crippen LogP contribution is -2.48. The number of Topliss-reactive ketones (excluding diaryl/α,β-unsaturated/α-hetero) is 1. The third-order valence-electron chi connectivity index (χ3n) is 3.66. The molecule has 1 aliphatic rings. The number of amides is 1. The Labute approximate surface area is 144 Å². The fourth-order valence-electron chi connectivity index (χ4n) is 2.48. The van der Waals surface area contributed by atoms with Gasteiger partial charge in [0.05, 0.1) is 28.3 Å². The van der Waals surface area contributed by atoms with Crippen molar-refractivity contribution >= 4 is 38.8 Å². The van der Waals surface area contributed by atoms with Crippen molar-refractivity contribution in [3.8, 4) is 0 Å². The molecular weight excluding hydrogens is 354 g/mol. The molecular formula is C15H19NO6S2. The summed E-state index contributed by atoms with van der Waals surface area (Å²) in [6.45, 7) is 1.17. The van der Waals surface area contributed by atoms with Gasteiger partial charge in [-0.1, -0.05) is 6.07 Å². The van der Waals surface area contributed by atoms with Crippen molar-refractivity contribution in [2.24, 2.45) is 0 Å². The van der Waals surface area contributed by atoms with Crippen molar-refractivity contribution in [2.75, 3.05) is 18.1 Å². The summed E-state index contributed by atoms with van der Waals surface area (Å²) in [4.78, 5) is 35.7. The van der Waals surface area contributed by atoms with Gasteiger partial charge in [-0.3, -0.25) is 14.4 Å². The van der Waals surface area contributed by atoms with Gasteiger partial charge < -0.3 is 10.1 Å². The Balaban J connectivity index is 1.70. The molecule has 0 aromatic carbocycles. The summed E-state index contributed by atoms with van der Waals surface area (Å²) in [5.41, 5.74) is -0.822. The highest BCUT2D eigenvalue weighted by molar-refractivity contribution is 7.91. The molecule has 1 amide bonds. The molecule has 0 unspecified atom stereocenters. The molecule has 1 atom stereocenters. The summed E-state index contributed by atoms with van der Waals surface area (Å²) >= 11 is 1.30. The first-order valence-corrected chi connectivity index (χ1v) is 10.1. The Kier molecular flexibility index (Phi) is 5.76. The molecule has 1 aromatic rings. The lowest BCUT2D eigenvalue weighted by atomic mass is 10.0. The second kappa shape index (κ2) is 7.43. The van der Waals surface area contributed by atoms with Gasteiger partial charge in [-0.15, -0.1) is 11.3 Å². The van der Waals surface area contributed by atoms with E-state index in [1.54, 1.807) is 24.4 Å². The molecule has 24 heavy (non-hydrogen) atoms. The summed E-state index contributed by atoms with van der Waals surface area (Å²) in [5, 5.41) is 4.37. The number of rotatable bonds is 7. The molecule has 0 aliphatic carbocycles. The summed E-state index contributed by atoms with van der Waals surface area (Å²) in [7, 11) is -3.13. The van der Waals surface area contributed by atoms with Crippen LogP contribution in [0.15, 0.2) is 17.5 Å². The summed E-state index contributed by atoms with van der Waals surface area (Å²) in [5.74, 6) is -1.41. The monoisotopic (exact) mass is 373 g/mol. The molecule has 1 aliphatic heterocycles. The highest BCUT2D eigenvalue weighted by atomic mass is 32.2. The number of ether oxygens (including phenoxy) is 1. The molecule has 7 nitrogen and oxygen atoms in total. The fourth-order valence-corrected chi connectivity index (χ4v) is 5.26. The van der Waals surface area contributed by atoms with Crippen LogP contribution in [0.5, 0.6) is 0 Å². The quantitative estimate of drug-likeness (QED) is 0.563. The molecule has 132 valence electrons. The Morgan fingerprint density at radius 2 is 2.08 bits per heavy atom. The molecule has 0 radical (unpaired) electrons. The normalized spacial score (nSPS) is 22.0. The average molecular weight is 373 g/mol. The van der Waals surface area contributed by atoms with Crippen molar-refractivity contribution in [2.45, 2.75) is 31.7 Å². The number of esters is 1. The largest absolute Gasteiger partial charge is 0.456 e. The van der Waals surface area contributed by atoms with Crippen LogP contribution in [0.4, 0.5) is 0 Å². The number of thiophene rings is 1. The van der Waals surface area contributed by atoms with Crippen LogP contribution in [0.25, 0.3) is 0 Å². The number of carbonyl (C=O) groups is 3. The lowest BCUT2D eigenvalue weighted by Gasteiger charge is -2.23. The maximum absolute atomic E-state index is 11.8. The number of hydrogen-bond acceptors (Lipinski definition) is 7. The van der Waals surface area contributed by atoms with Crippen molar-refractivity contribution in [3.05, 3.63) is 22.4 Å². The minimum atomic E-state index is -3.13. The van der Waals surface area contributed by atoms with Crippen LogP contribution < -0.4 is 5.32 Å². The molecule has 9 heteroatoms. The predicted molar refractivity (Wildman–Crippen MR) is 88.7 cm³/mol. The third kappa shape index (κ3) is 5.41. The van der Waals surface area contributed by atoms with Crippen molar-refractivity contribution in [3.63, 3.8) is 0 Å². The molecule has 1 aromatic heterocycles. The van der Waals surface area contributed by atoms with Crippen LogP contribution in [0.3, 0.4) is 0 Å². The first-order valence-electron chi connectivity index (χ1n) is 7.43. The first-order chi connectivity index (χ1) is 11.2. The Hall–Kier alpha value is -1.74. The van der Waals surface area contributed by atoms with Crippen LogP contribution in [-0.4, -0.2) is 49.7 Å². The molecule has 0 saturated carbocycles. The predicted octanol–water partition coefficient (Wildman–Crippen LogP) is 0.948. The minimum Gasteiger partial charge on any atom is -0.456 e. The number of carbonyl (C=O) groups excluding carboxylic acids is 3. The zero-order valence-corrected chi connectivity index (χ0v) is 14.9. The van der Waals surface area contributed by atoms with Gasteiger partial charge >= 0.3 is 5.97 Å². The molecule has 0 spiro atoms. The Morgan fingerprint density at radius 1 is 1.33 bits per heavy atom. The topological polar surface area (TPSA) is 107 Å². The van der Waals surface area contributed by atoms with Crippen LogP contribution in [0, 0.1) is 0 Å². The van der Waals surface area contributed by atoms with E-state index in [1.165, 1.54) is 11.3 Å². The summed E-state index contributed by atoms with van der Waals surface area (Å²) in [6, 6.07) is 3.44. The van der Waals surface area contributed by atoms with E-state index in [0.29, 0.717) is 11.3 Å². The van der Waals surface area contributed by atoms with Gasteiger partial charge in [-0.25, -0.2) is 8.42 Å². The van der Waals surface area contributed by atoms with E-state index in [1.807, 2.05) is 0 Å². The smallest absolute Gasteiger partial charge is 0.306 e. The molecule has 2 rings (SSSR count). The van der Waals surface area contributed by atoms with Gasteiger partial charge in [0.2, 0.25) is 0 Å². The van der Waals surface area contributed by atoms with Crippen molar-refractivity contribution in [1.29, 1.82) is 0 Å². The van der Waals surface area contributed by atoms with Crippen LogP contribution in [0.1, 0.15) is 35.9 Å². The average Bonchev–Trinajstić information content (AvgIpc) is 3.10. The minimum absolute atomic E-state index is 0.0247. The van der Waals surface area contributed by atoms with Gasteiger partial charge in [0.1, 0.15) is 0 Å². The van der Waals surface area contributed by atoms with E-state index in [-0.39, 0.29) is 30.1 Å². The van der Waals surface area contributed by atoms with E-state index in [2.05, 4.69) is 5.32 Å². The van der Waals surface area contributed by atoms with Gasteiger partial charge in [-0.05, 0) is 24.8 Å². The SMILES string of the molecule is C[C@]1(NC(=O)COC(=O)CCC(=O)c2cccs2)CCS(=O)(=O)C1. The van der Waals surface area contributed by atoms with Gasteiger partial charge in [0.25, 0.3) is 5.91 Å². The van der Waals surface area contributed by atoms with Crippen molar-refractivity contribution < 1.29 is 27.5 Å². The second-order valence-electron chi connectivity index (χ2n) is 6.01. The van der Waals surface area contributed by atoms with Crippen LogP contribution in [-0.2, 0) is 24.2 Å². The standard InChI is InChI=1S/C15H19NO6S2/c1-15(6-8-24(20,21)10-15)16-13(18)9-22-14(19)5-4-11(17)12-3-2-7-23-12/h2-3,7H,4-6,8-10H2,1H3,(H,16,18)/t15-/m0/s1. The first kappa shape index (κ1) is 18.6. The molecule has 1 N–H and O–H groups in total.